The molecule has 0 spiro atoms. The standard InChI is InChI=1S/C19H20N4O/c1-11(2)18-14-5-4-12(13-9-21-23(3)10-13)8-15(14)17-16(22-18)6-7-20-19(17)24/h4-9,11,13H,10H2,1-3H3,(H,20,24). The molecule has 0 fully saturated rings. The zero-order chi connectivity index (χ0) is 16.8. The molecular formula is C19H20N4O. The van der Waals surface area contributed by atoms with E-state index in [0.717, 1.165) is 28.5 Å². The van der Waals surface area contributed by atoms with Crippen LogP contribution < -0.4 is 5.56 Å². The molecule has 1 aliphatic heterocycles. The molecule has 0 saturated heterocycles. The molecule has 3 aromatic rings. The van der Waals surface area contributed by atoms with E-state index in [1.165, 1.54) is 5.56 Å². The van der Waals surface area contributed by atoms with Crippen LogP contribution in [0.5, 0.6) is 0 Å². The van der Waals surface area contributed by atoms with Crippen LogP contribution in [0.2, 0.25) is 0 Å². The highest BCUT2D eigenvalue weighted by molar-refractivity contribution is 6.06. The van der Waals surface area contributed by atoms with Gasteiger partial charge in [-0.15, -0.1) is 0 Å². The van der Waals surface area contributed by atoms with Crippen molar-refractivity contribution in [1.29, 1.82) is 0 Å². The van der Waals surface area contributed by atoms with Crippen LogP contribution in [0.25, 0.3) is 21.7 Å². The van der Waals surface area contributed by atoms with Gasteiger partial charge in [-0.25, -0.2) is 0 Å². The molecule has 3 heterocycles. The number of H-pyrrole nitrogens is 1. The van der Waals surface area contributed by atoms with Crippen molar-refractivity contribution in [1.82, 2.24) is 15.0 Å². The van der Waals surface area contributed by atoms with Crippen molar-refractivity contribution < 1.29 is 0 Å². The second-order valence-electron chi connectivity index (χ2n) is 6.74. The molecule has 1 unspecified atom stereocenters. The lowest BCUT2D eigenvalue weighted by atomic mass is 9.93. The number of aromatic amines is 1. The summed E-state index contributed by atoms with van der Waals surface area (Å²) >= 11 is 0. The lowest BCUT2D eigenvalue weighted by Crippen LogP contribution is -2.12. The van der Waals surface area contributed by atoms with Gasteiger partial charge in [-0.05, 0) is 29.0 Å². The molecule has 0 saturated carbocycles. The van der Waals surface area contributed by atoms with Crippen LogP contribution in [-0.2, 0) is 0 Å². The summed E-state index contributed by atoms with van der Waals surface area (Å²) in [6.07, 6.45) is 3.63. The Hall–Kier alpha value is -2.69. The summed E-state index contributed by atoms with van der Waals surface area (Å²) < 4.78 is 0. The summed E-state index contributed by atoms with van der Waals surface area (Å²) in [6, 6.07) is 8.25. The van der Waals surface area contributed by atoms with Gasteiger partial charge in [0, 0.05) is 37.3 Å². The topological polar surface area (TPSA) is 61.4 Å². The van der Waals surface area contributed by atoms with Crippen LogP contribution in [0.4, 0.5) is 0 Å². The second kappa shape index (κ2) is 5.44. The first-order chi connectivity index (χ1) is 11.5. The Labute approximate surface area is 140 Å². The van der Waals surface area contributed by atoms with Gasteiger partial charge in [0.25, 0.3) is 5.56 Å². The number of benzene rings is 1. The normalized spacial score (nSPS) is 17.5. The van der Waals surface area contributed by atoms with E-state index >= 15 is 0 Å². The van der Waals surface area contributed by atoms with E-state index < -0.39 is 0 Å². The van der Waals surface area contributed by atoms with Crippen molar-refractivity contribution in [3.8, 4) is 0 Å². The van der Waals surface area contributed by atoms with E-state index in [-0.39, 0.29) is 11.5 Å². The van der Waals surface area contributed by atoms with E-state index in [4.69, 9.17) is 4.98 Å². The number of pyridine rings is 2. The van der Waals surface area contributed by atoms with Crippen molar-refractivity contribution in [2.24, 2.45) is 5.10 Å². The Bertz CT molecular complexity index is 1020. The fourth-order valence-corrected chi connectivity index (χ4v) is 3.44. The van der Waals surface area contributed by atoms with Crippen LogP contribution in [0.15, 0.2) is 40.4 Å². The van der Waals surface area contributed by atoms with Crippen LogP contribution in [0, 0.1) is 0 Å². The van der Waals surface area contributed by atoms with Crippen molar-refractivity contribution in [2.75, 3.05) is 13.6 Å². The minimum atomic E-state index is -0.0883. The van der Waals surface area contributed by atoms with Gasteiger partial charge in [-0.1, -0.05) is 26.0 Å². The molecule has 2 aromatic heterocycles. The number of hydrogen-bond donors (Lipinski definition) is 1. The van der Waals surface area contributed by atoms with Crippen molar-refractivity contribution in [2.45, 2.75) is 25.7 Å². The van der Waals surface area contributed by atoms with Crippen molar-refractivity contribution in [3.63, 3.8) is 0 Å². The zero-order valence-corrected chi connectivity index (χ0v) is 14.1. The molecule has 1 atom stereocenters. The maximum atomic E-state index is 12.4. The smallest absolute Gasteiger partial charge is 0.258 e. The number of nitrogens with one attached hydrogen (secondary N) is 1. The number of rotatable bonds is 2. The lowest BCUT2D eigenvalue weighted by Gasteiger charge is -2.15. The fraction of sp³-hybridized carbons (Fsp3) is 0.316. The largest absolute Gasteiger partial charge is 0.328 e. The maximum absolute atomic E-state index is 12.4. The first-order valence-corrected chi connectivity index (χ1v) is 8.25. The number of nitrogens with zero attached hydrogens (tertiary/aromatic N) is 3. The highest BCUT2D eigenvalue weighted by Gasteiger charge is 2.19. The van der Waals surface area contributed by atoms with E-state index in [9.17, 15) is 4.79 Å². The van der Waals surface area contributed by atoms with Crippen molar-refractivity contribution in [3.05, 3.63) is 52.1 Å². The maximum Gasteiger partial charge on any atom is 0.258 e. The monoisotopic (exact) mass is 320 g/mol. The van der Waals surface area contributed by atoms with Gasteiger partial charge >= 0.3 is 0 Å². The first kappa shape index (κ1) is 14.9. The number of hydrazone groups is 1. The van der Waals surface area contributed by atoms with Gasteiger partial charge in [0.1, 0.15) is 0 Å². The van der Waals surface area contributed by atoms with Gasteiger partial charge in [-0.2, -0.15) is 5.10 Å². The molecule has 24 heavy (non-hydrogen) atoms. The Kier molecular flexibility index (Phi) is 3.37. The summed E-state index contributed by atoms with van der Waals surface area (Å²) in [5.41, 5.74) is 2.88. The van der Waals surface area contributed by atoms with Crippen LogP contribution in [0.1, 0.15) is 36.9 Å². The van der Waals surface area contributed by atoms with E-state index in [1.54, 1.807) is 6.20 Å². The minimum absolute atomic E-state index is 0.0883. The molecule has 5 nitrogen and oxygen atoms in total. The third-order valence-corrected chi connectivity index (χ3v) is 4.65. The van der Waals surface area contributed by atoms with Gasteiger partial charge in [0.05, 0.1) is 16.6 Å². The molecule has 0 amide bonds. The average molecular weight is 320 g/mol. The van der Waals surface area contributed by atoms with E-state index in [1.807, 2.05) is 24.3 Å². The molecule has 5 heteroatoms. The molecule has 4 rings (SSSR count). The second-order valence-corrected chi connectivity index (χ2v) is 6.74. The molecule has 122 valence electrons. The molecule has 1 aliphatic rings. The van der Waals surface area contributed by atoms with Gasteiger partial charge in [0.2, 0.25) is 0 Å². The van der Waals surface area contributed by atoms with E-state index in [2.05, 4.69) is 42.1 Å². The quantitative estimate of drug-likeness (QED) is 0.738. The Morgan fingerprint density at radius 2 is 2.08 bits per heavy atom. The molecule has 1 N–H and O–H groups in total. The highest BCUT2D eigenvalue weighted by atomic mass is 16.1. The minimum Gasteiger partial charge on any atom is -0.328 e. The van der Waals surface area contributed by atoms with Crippen LogP contribution >= 0.6 is 0 Å². The molecule has 0 aliphatic carbocycles. The third-order valence-electron chi connectivity index (χ3n) is 4.65. The third kappa shape index (κ3) is 2.28. The van der Waals surface area contributed by atoms with Gasteiger partial charge in [-0.3, -0.25) is 14.8 Å². The summed E-state index contributed by atoms with van der Waals surface area (Å²) in [4.78, 5) is 20.0. The SMILES string of the molecule is CC(C)c1nc2cc[nH]c(=O)c2c2cc(C3C=NN(C)C3)ccc12. The Balaban J connectivity index is 2.05. The van der Waals surface area contributed by atoms with Gasteiger partial charge in [0.15, 0.2) is 0 Å². The molecular weight excluding hydrogens is 300 g/mol. The summed E-state index contributed by atoms with van der Waals surface area (Å²) in [6.45, 7) is 5.13. The highest BCUT2D eigenvalue weighted by Crippen LogP contribution is 2.31. The van der Waals surface area contributed by atoms with Gasteiger partial charge < -0.3 is 4.98 Å². The lowest BCUT2D eigenvalue weighted by molar-refractivity contribution is 0.381. The number of aromatic nitrogens is 2. The first-order valence-electron chi connectivity index (χ1n) is 8.25. The predicted octanol–water partition coefficient (Wildman–Crippen LogP) is 3.21. The summed E-state index contributed by atoms with van der Waals surface area (Å²) in [7, 11) is 1.97. The number of likely N-dealkylation sites (N-methyl/N-ethyl adjacent to an activating group) is 1. The molecule has 1 aromatic carbocycles. The van der Waals surface area contributed by atoms with Crippen LogP contribution in [0.3, 0.4) is 0 Å². The summed E-state index contributed by atoms with van der Waals surface area (Å²) in [5, 5.41) is 8.97. The molecule has 0 bridgehead atoms. The average Bonchev–Trinajstić information content (AvgIpc) is 3.00. The molecule has 0 radical (unpaired) electrons. The number of hydrogen-bond acceptors (Lipinski definition) is 4. The van der Waals surface area contributed by atoms with Crippen molar-refractivity contribution >= 4 is 27.9 Å². The summed E-state index contributed by atoms with van der Waals surface area (Å²) in [5.74, 6) is 0.550. The predicted molar refractivity (Wildman–Crippen MR) is 97.8 cm³/mol. The Morgan fingerprint density at radius 1 is 1.25 bits per heavy atom. The fourth-order valence-electron chi connectivity index (χ4n) is 3.44. The zero-order valence-electron chi connectivity index (χ0n) is 14.1. The number of fused-ring (bicyclic) bond motifs is 3. The van der Waals surface area contributed by atoms with Crippen LogP contribution in [-0.4, -0.2) is 34.8 Å². The van der Waals surface area contributed by atoms with E-state index in [0.29, 0.717) is 11.3 Å². The Morgan fingerprint density at radius 3 is 2.79 bits per heavy atom.